The number of hydrogen-bond acceptors (Lipinski definition) is 1. The number of carbonyl (C=O) groups is 1. The molecule has 2 heteroatoms. The van der Waals surface area contributed by atoms with Crippen LogP contribution in [-0.4, -0.2) is 5.78 Å². The Morgan fingerprint density at radius 2 is 1.67 bits per heavy atom. The van der Waals surface area contributed by atoms with Gasteiger partial charge in [0.1, 0.15) is 0 Å². The third-order valence-electron chi connectivity index (χ3n) is 4.15. The summed E-state index contributed by atoms with van der Waals surface area (Å²) in [5, 5.41) is 2.93. The highest BCUT2D eigenvalue weighted by molar-refractivity contribution is 6.31. The van der Waals surface area contributed by atoms with Crippen molar-refractivity contribution in [2.75, 3.05) is 0 Å². The SMILES string of the molecule is O=C1CCc2cc3cc(Cl)ccc3c(-c3ccccc3)c21. The average Bonchev–Trinajstić information content (AvgIpc) is 2.87. The van der Waals surface area contributed by atoms with Crippen molar-refractivity contribution in [1.29, 1.82) is 0 Å². The minimum Gasteiger partial charge on any atom is -0.294 e. The van der Waals surface area contributed by atoms with Crippen molar-refractivity contribution >= 4 is 28.2 Å². The second-order valence-electron chi connectivity index (χ2n) is 5.44. The number of fused-ring (bicyclic) bond motifs is 2. The van der Waals surface area contributed by atoms with Crippen molar-refractivity contribution in [2.24, 2.45) is 0 Å². The van der Waals surface area contributed by atoms with Crippen molar-refractivity contribution < 1.29 is 4.79 Å². The van der Waals surface area contributed by atoms with Crippen LogP contribution in [0.15, 0.2) is 54.6 Å². The molecule has 0 saturated carbocycles. The lowest BCUT2D eigenvalue weighted by molar-refractivity contribution is 0.0995. The molecule has 0 fully saturated rings. The van der Waals surface area contributed by atoms with E-state index < -0.39 is 0 Å². The van der Waals surface area contributed by atoms with E-state index in [9.17, 15) is 4.79 Å². The number of hydrogen-bond donors (Lipinski definition) is 0. The Bertz CT molecular complexity index is 866. The van der Waals surface area contributed by atoms with E-state index in [2.05, 4.69) is 18.2 Å². The molecule has 1 nitrogen and oxygen atoms in total. The van der Waals surface area contributed by atoms with Crippen molar-refractivity contribution in [3.8, 4) is 11.1 Å². The van der Waals surface area contributed by atoms with Gasteiger partial charge in [0.25, 0.3) is 0 Å². The second-order valence-corrected chi connectivity index (χ2v) is 5.88. The summed E-state index contributed by atoms with van der Waals surface area (Å²) < 4.78 is 0. The molecule has 0 spiro atoms. The Morgan fingerprint density at radius 3 is 2.48 bits per heavy atom. The van der Waals surface area contributed by atoms with Crippen molar-refractivity contribution in [2.45, 2.75) is 12.8 Å². The third kappa shape index (κ3) is 1.97. The lowest BCUT2D eigenvalue weighted by Gasteiger charge is -2.13. The predicted octanol–water partition coefficient (Wildman–Crippen LogP) is 5.29. The second kappa shape index (κ2) is 4.71. The maximum atomic E-state index is 12.3. The Labute approximate surface area is 128 Å². The molecule has 0 bridgehead atoms. The average molecular weight is 293 g/mol. The van der Waals surface area contributed by atoms with Gasteiger partial charge in [-0.2, -0.15) is 0 Å². The molecule has 102 valence electrons. The van der Waals surface area contributed by atoms with Crippen molar-refractivity contribution in [3.05, 3.63) is 70.7 Å². The highest BCUT2D eigenvalue weighted by Gasteiger charge is 2.25. The zero-order valence-corrected chi connectivity index (χ0v) is 12.2. The first kappa shape index (κ1) is 12.6. The van der Waals surface area contributed by atoms with Crippen LogP contribution in [0.3, 0.4) is 0 Å². The summed E-state index contributed by atoms with van der Waals surface area (Å²) in [4.78, 5) is 12.3. The van der Waals surface area contributed by atoms with Gasteiger partial charge in [0.15, 0.2) is 5.78 Å². The van der Waals surface area contributed by atoms with E-state index >= 15 is 0 Å². The summed E-state index contributed by atoms with van der Waals surface area (Å²) in [5.74, 6) is 0.251. The van der Waals surface area contributed by atoms with E-state index in [-0.39, 0.29) is 5.78 Å². The maximum Gasteiger partial charge on any atom is 0.164 e. The van der Waals surface area contributed by atoms with Gasteiger partial charge < -0.3 is 0 Å². The van der Waals surface area contributed by atoms with Gasteiger partial charge in [-0.05, 0) is 40.5 Å². The molecule has 1 aliphatic rings. The molecule has 0 radical (unpaired) electrons. The molecule has 0 unspecified atom stereocenters. The molecular formula is C19H13ClO. The van der Waals surface area contributed by atoms with Crippen molar-refractivity contribution in [3.63, 3.8) is 0 Å². The van der Waals surface area contributed by atoms with Crippen LogP contribution in [0.4, 0.5) is 0 Å². The van der Waals surface area contributed by atoms with Crippen LogP contribution in [0.5, 0.6) is 0 Å². The van der Waals surface area contributed by atoms with E-state index in [1.54, 1.807) is 0 Å². The Balaban J connectivity index is 2.16. The van der Waals surface area contributed by atoms with E-state index in [1.165, 1.54) is 0 Å². The molecule has 0 atom stereocenters. The minimum absolute atomic E-state index is 0.251. The summed E-state index contributed by atoms with van der Waals surface area (Å²) in [6, 6.07) is 18.2. The number of Topliss-reactive ketones (excluding diaryl/α,β-unsaturated/α-hetero) is 1. The normalized spacial score (nSPS) is 13.7. The largest absolute Gasteiger partial charge is 0.294 e. The Kier molecular flexibility index (Phi) is 2.83. The molecule has 1 aliphatic carbocycles. The number of halogens is 1. The van der Waals surface area contributed by atoms with Gasteiger partial charge in [-0.25, -0.2) is 0 Å². The lowest BCUT2D eigenvalue weighted by atomic mass is 9.90. The summed E-state index contributed by atoms with van der Waals surface area (Å²) in [7, 11) is 0. The number of rotatable bonds is 1. The van der Waals surface area contributed by atoms with Crippen LogP contribution < -0.4 is 0 Å². The van der Waals surface area contributed by atoms with Crippen LogP contribution in [0, 0.1) is 0 Å². The highest BCUT2D eigenvalue weighted by Crippen LogP contribution is 2.39. The molecule has 0 aliphatic heterocycles. The molecule has 3 aromatic carbocycles. The monoisotopic (exact) mass is 292 g/mol. The van der Waals surface area contributed by atoms with Crippen LogP contribution >= 0.6 is 11.6 Å². The van der Waals surface area contributed by atoms with Gasteiger partial charge in [0.05, 0.1) is 0 Å². The van der Waals surface area contributed by atoms with E-state index in [0.717, 1.165) is 44.5 Å². The Hall–Kier alpha value is -2.12. The quantitative estimate of drug-likeness (QED) is 0.595. The molecule has 0 heterocycles. The van der Waals surface area contributed by atoms with Gasteiger partial charge in [0.2, 0.25) is 0 Å². The smallest absolute Gasteiger partial charge is 0.164 e. The van der Waals surface area contributed by atoms with Gasteiger partial charge in [-0.15, -0.1) is 0 Å². The number of ketones is 1. The first-order valence-electron chi connectivity index (χ1n) is 7.08. The molecular weight excluding hydrogens is 280 g/mol. The van der Waals surface area contributed by atoms with Crippen LogP contribution in [0.1, 0.15) is 22.3 Å². The maximum absolute atomic E-state index is 12.3. The zero-order chi connectivity index (χ0) is 14.4. The molecule has 21 heavy (non-hydrogen) atoms. The number of benzene rings is 3. The summed E-state index contributed by atoms with van der Waals surface area (Å²) >= 11 is 6.13. The summed E-state index contributed by atoms with van der Waals surface area (Å²) in [5.41, 5.74) is 4.20. The molecule has 0 saturated heterocycles. The molecule has 4 rings (SSSR count). The lowest BCUT2D eigenvalue weighted by Crippen LogP contribution is -1.97. The van der Waals surface area contributed by atoms with Crippen LogP contribution in [0.2, 0.25) is 5.02 Å². The van der Waals surface area contributed by atoms with E-state index in [4.69, 9.17) is 11.6 Å². The van der Waals surface area contributed by atoms with Gasteiger partial charge >= 0.3 is 0 Å². The van der Waals surface area contributed by atoms with Gasteiger partial charge in [-0.3, -0.25) is 4.79 Å². The summed E-state index contributed by atoms with van der Waals surface area (Å²) in [6.45, 7) is 0. The zero-order valence-electron chi connectivity index (χ0n) is 11.4. The summed E-state index contributed by atoms with van der Waals surface area (Å²) in [6.07, 6.45) is 1.44. The molecule has 0 N–H and O–H groups in total. The molecule has 0 amide bonds. The topological polar surface area (TPSA) is 17.1 Å². The van der Waals surface area contributed by atoms with Gasteiger partial charge in [-0.1, -0.05) is 54.1 Å². The molecule has 3 aromatic rings. The Morgan fingerprint density at radius 1 is 0.857 bits per heavy atom. The minimum atomic E-state index is 0.251. The fraction of sp³-hybridized carbons (Fsp3) is 0.105. The first-order valence-corrected chi connectivity index (χ1v) is 7.45. The van der Waals surface area contributed by atoms with Crippen LogP contribution in [-0.2, 0) is 6.42 Å². The van der Waals surface area contributed by atoms with Gasteiger partial charge in [0, 0.05) is 22.6 Å². The highest BCUT2D eigenvalue weighted by atomic mass is 35.5. The van der Waals surface area contributed by atoms with Crippen molar-refractivity contribution in [1.82, 2.24) is 0 Å². The molecule has 0 aromatic heterocycles. The number of carbonyl (C=O) groups excluding carboxylic acids is 1. The van der Waals surface area contributed by atoms with E-state index in [1.807, 2.05) is 36.4 Å². The fourth-order valence-corrected chi connectivity index (χ4v) is 3.41. The standard InChI is InChI=1S/C19H13ClO/c20-15-7-8-16-14(11-15)10-13-6-9-17(21)19(13)18(16)12-4-2-1-3-5-12/h1-5,7-8,10-11H,6,9H2. The number of aryl methyl sites for hydroxylation is 1. The van der Waals surface area contributed by atoms with E-state index in [0.29, 0.717) is 6.42 Å². The van der Waals surface area contributed by atoms with Crippen LogP contribution in [0.25, 0.3) is 21.9 Å². The fourth-order valence-electron chi connectivity index (χ4n) is 3.23. The first-order chi connectivity index (χ1) is 10.2. The third-order valence-corrected chi connectivity index (χ3v) is 4.38. The predicted molar refractivity (Wildman–Crippen MR) is 87.0 cm³/mol.